The van der Waals surface area contributed by atoms with Gasteiger partial charge in [0, 0.05) is 44.3 Å². The van der Waals surface area contributed by atoms with Crippen LogP contribution in [0.4, 0.5) is 9.59 Å². The molecular formula is C49H60N10O7. The van der Waals surface area contributed by atoms with Gasteiger partial charge in [0.25, 0.3) is 0 Å². The number of nitrogens with one attached hydrogen (secondary N) is 4. The van der Waals surface area contributed by atoms with Crippen LogP contribution in [0.3, 0.4) is 0 Å². The summed E-state index contributed by atoms with van der Waals surface area (Å²) in [6, 6.07) is 20.5. The Kier molecular flexibility index (Phi) is 19.5. The van der Waals surface area contributed by atoms with E-state index in [0.717, 1.165) is 88.5 Å². The van der Waals surface area contributed by atoms with E-state index in [1.807, 2.05) is 20.0 Å². The molecule has 1 aliphatic heterocycles. The standard InChI is InChI=1S/C36H41N7O3.C8H9N3O3.C5H10O/c1-6-15-43(35(44)20-39-36(45)46-5)23-34-38-19-32(41-34)30-14-13-28-16-27(11-12-29(28)17-30)25-7-9-26(10-8-25)31-18-37-33(40-31)22-42(4)21-24(2)3;1-14-8(13)11-7(5-12)6-4-9-2-3-10-6;1-2-4-6-5-3-1/h7-14,16-19H,2,6,15,20-23H2,1,3-5H3,(H,37,40)(H,38,41)(H,39,45);2-5,7H,1H3,(H,11,13);1-5H2. The zero-order valence-corrected chi connectivity index (χ0v) is 38.3. The highest BCUT2D eigenvalue weighted by molar-refractivity contribution is 5.90. The van der Waals surface area contributed by atoms with E-state index in [0.29, 0.717) is 30.9 Å². The molecule has 0 radical (unpaired) electrons. The summed E-state index contributed by atoms with van der Waals surface area (Å²) in [5.74, 6) is 1.41. The van der Waals surface area contributed by atoms with E-state index in [2.05, 4.69) is 129 Å². The van der Waals surface area contributed by atoms with Crippen LogP contribution in [0.15, 0.2) is 104 Å². The second-order valence-corrected chi connectivity index (χ2v) is 15.7. The van der Waals surface area contributed by atoms with Gasteiger partial charge in [-0.05, 0) is 79.3 Å². The Morgan fingerprint density at radius 1 is 0.803 bits per heavy atom. The minimum Gasteiger partial charge on any atom is -0.453 e. The molecular weight excluding hydrogens is 841 g/mol. The van der Waals surface area contributed by atoms with Crippen molar-refractivity contribution in [1.29, 1.82) is 0 Å². The summed E-state index contributed by atoms with van der Waals surface area (Å²) in [7, 11) is 4.55. The summed E-state index contributed by atoms with van der Waals surface area (Å²) in [5.41, 5.74) is 7.75. The first kappa shape index (κ1) is 49.8. The number of imidazole rings is 2. The van der Waals surface area contributed by atoms with Crippen molar-refractivity contribution >= 4 is 35.2 Å². The average molecular weight is 901 g/mol. The van der Waals surface area contributed by atoms with Crippen molar-refractivity contribution in [3.8, 4) is 33.6 Å². The quantitative estimate of drug-likeness (QED) is 0.0546. The molecule has 4 heterocycles. The van der Waals surface area contributed by atoms with Crippen LogP contribution in [0.25, 0.3) is 44.4 Å². The number of rotatable bonds is 16. The second-order valence-electron chi connectivity index (χ2n) is 15.7. The molecule has 1 atom stereocenters. The Morgan fingerprint density at radius 2 is 1.41 bits per heavy atom. The third-order valence-corrected chi connectivity index (χ3v) is 10.2. The van der Waals surface area contributed by atoms with Crippen molar-refractivity contribution in [2.24, 2.45) is 0 Å². The maximum Gasteiger partial charge on any atom is 0.407 e. The fraction of sp³-hybridized carbons (Fsp3) is 0.347. The highest BCUT2D eigenvalue weighted by Gasteiger charge is 2.17. The largest absolute Gasteiger partial charge is 0.453 e. The number of amides is 3. The monoisotopic (exact) mass is 900 g/mol. The number of alkyl carbamates (subject to hydrolysis) is 2. The highest BCUT2D eigenvalue weighted by Crippen LogP contribution is 2.30. The summed E-state index contributed by atoms with van der Waals surface area (Å²) in [4.78, 5) is 72.9. The Hall–Kier alpha value is -7.24. The van der Waals surface area contributed by atoms with Gasteiger partial charge in [-0.25, -0.2) is 19.6 Å². The molecule has 3 aromatic heterocycles. The zero-order valence-electron chi connectivity index (χ0n) is 38.3. The molecule has 1 aliphatic rings. The number of aromatic nitrogens is 6. The number of carbonyl (C=O) groups excluding carboxylic acids is 4. The number of fused-ring (bicyclic) bond motifs is 1. The van der Waals surface area contributed by atoms with Gasteiger partial charge in [-0.3, -0.25) is 19.7 Å². The number of nitrogens with zero attached hydrogens (tertiary/aromatic N) is 6. The number of hydrogen-bond donors (Lipinski definition) is 4. The van der Waals surface area contributed by atoms with E-state index in [-0.39, 0.29) is 12.5 Å². The number of H-pyrrole nitrogens is 2. The van der Waals surface area contributed by atoms with Crippen LogP contribution in [-0.4, -0.2) is 118 Å². The van der Waals surface area contributed by atoms with E-state index in [1.165, 1.54) is 52.1 Å². The molecule has 0 saturated carbocycles. The van der Waals surface area contributed by atoms with Gasteiger partial charge in [-0.1, -0.05) is 67.6 Å². The van der Waals surface area contributed by atoms with Crippen molar-refractivity contribution in [2.45, 2.75) is 58.7 Å². The molecule has 17 heteroatoms. The molecule has 3 amide bonds. The average Bonchev–Trinajstić information content (AvgIpc) is 4.03. The lowest BCUT2D eigenvalue weighted by molar-refractivity contribution is -0.130. The molecule has 7 rings (SSSR count). The van der Waals surface area contributed by atoms with Gasteiger partial charge in [0.15, 0.2) is 0 Å². The zero-order chi connectivity index (χ0) is 47.3. The van der Waals surface area contributed by atoms with Crippen LogP contribution < -0.4 is 10.6 Å². The van der Waals surface area contributed by atoms with Crippen LogP contribution in [0.2, 0.25) is 0 Å². The van der Waals surface area contributed by atoms with Crippen LogP contribution in [0.5, 0.6) is 0 Å². The van der Waals surface area contributed by atoms with E-state index >= 15 is 0 Å². The van der Waals surface area contributed by atoms with Gasteiger partial charge in [-0.15, -0.1) is 0 Å². The minimum absolute atomic E-state index is 0.128. The Balaban J connectivity index is 0.000000335. The summed E-state index contributed by atoms with van der Waals surface area (Å²) >= 11 is 0. The van der Waals surface area contributed by atoms with E-state index < -0.39 is 18.2 Å². The molecule has 6 aromatic rings. The molecule has 17 nitrogen and oxygen atoms in total. The number of hydrogen-bond acceptors (Lipinski definition) is 12. The summed E-state index contributed by atoms with van der Waals surface area (Å²) < 4.78 is 14.0. The molecule has 4 N–H and O–H groups in total. The second kappa shape index (κ2) is 25.9. The van der Waals surface area contributed by atoms with Crippen molar-refractivity contribution in [1.82, 2.24) is 50.3 Å². The number of ether oxygens (including phenoxy) is 3. The van der Waals surface area contributed by atoms with Crippen LogP contribution in [-0.2, 0) is 36.9 Å². The molecule has 1 saturated heterocycles. The first-order chi connectivity index (χ1) is 32.0. The van der Waals surface area contributed by atoms with Crippen LogP contribution in [0.1, 0.15) is 62.9 Å². The number of methoxy groups -OCH3 is 2. The first-order valence-electron chi connectivity index (χ1n) is 21.8. The van der Waals surface area contributed by atoms with Gasteiger partial charge in [-0.2, -0.15) is 0 Å². The van der Waals surface area contributed by atoms with Crippen molar-refractivity contribution in [2.75, 3.05) is 54.1 Å². The van der Waals surface area contributed by atoms with Crippen molar-refractivity contribution in [3.05, 3.63) is 121 Å². The van der Waals surface area contributed by atoms with Crippen LogP contribution in [0, 0.1) is 0 Å². The Labute approximate surface area is 385 Å². The fourth-order valence-corrected chi connectivity index (χ4v) is 6.98. The topological polar surface area (TPSA) is 210 Å². The van der Waals surface area contributed by atoms with Gasteiger partial charge < -0.3 is 44.5 Å². The molecule has 66 heavy (non-hydrogen) atoms. The Morgan fingerprint density at radius 3 is 1.97 bits per heavy atom. The number of aromatic amines is 2. The lowest BCUT2D eigenvalue weighted by Gasteiger charge is -2.21. The summed E-state index contributed by atoms with van der Waals surface area (Å²) in [5, 5.41) is 7.01. The lowest BCUT2D eigenvalue weighted by atomic mass is 9.98. The molecule has 3 aromatic carbocycles. The normalized spacial score (nSPS) is 12.4. The van der Waals surface area contributed by atoms with Gasteiger partial charge in [0.05, 0.1) is 63.0 Å². The molecule has 1 unspecified atom stereocenters. The lowest BCUT2D eigenvalue weighted by Crippen LogP contribution is -2.40. The number of aldehydes is 1. The fourth-order valence-electron chi connectivity index (χ4n) is 6.98. The first-order valence-corrected chi connectivity index (χ1v) is 21.8. The summed E-state index contributed by atoms with van der Waals surface area (Å²) in [6.45, 7) is 12.3. The van der Waals surface area contributed by atoms with Crippen molar-refractivity contribution < 1.29 is 33.4 Å². The third kappa shape index (κ3) is 15.5. The highest BCUT2D eigenvalue weighted by atomic mass is 16.5. The third-order valence-electron chi connectivity index (χ3n) is 10.2. The van der Waals surface area contributed by atoms with Gasteiger partial charge in [0.2, 0.25) is 5.91 Å². The molecule has 0 aliphatic carbocycles. The predicted octanol–water partition coefficient (Wildman–Crippen LogP) is 7.65. The molecule has 1 fully saturated rings. The maximum absolute atomic E-state index is 12.7. The maximum atomic E-state index is 12.7. The molecule has 348 valence electrons. The number of likely N-dealkylation sites (N-methyl/N-ethyl adjacent to an activating group) is 1. The Bertz CT molecular complexity index is 2470. The SMILES string of the molecule is C1CCOCC1.C=C(C)CN(C)Cc1ncc(-c2ccc(-c3ccc4cc(-c5cnc(CN(CCC)C(=O)CNC(=O)OC)[nH]5)ccc4c3)cc2)[nH]1.COC(=O)NC(C=O)c1cnccn1. The van der Waals surface area contributed by atoms with E-state index in [1.54, 1.807) is 11.1 Å². The van der Waals surface area contributed by atoms with Gasteiger partial charge in [0.1, 0.15) is 30.5 Å². The van der Waals surface area contributed by atoms with E-state index in [4.69, 9.17) is 4.74 Å². The number of carbonyl (C=O) groups is 4. The molecule has 0 bridgehead atoms. The van der Waals surface area contributed by atoms with E-state index in [9.17, 15) is 19.2 Å². The van der Waals surface area contributed by atoms with Gasteiger partial charge >= 0.3 is 12.2 Å². The molecule has 0 spiro atoms. The predicted molar refractivity (Wildman–Crippen MR) is 253 cm³/mol. The summed E-state index contributed by atoms with van der Waals surface area (Å²) in [6.07, 6.45) is 11.9. The van der Waals surface area contributed by atoms with Crippen LogP contribution >= 0.6 is 0 Å². The van der Waals surface area contributed by atoms with Crippen molar-refractivity contribution in [3.63, 3.8) is 0 Å². The minimum atomic E-state index is -0.823. The smallest absolute Gasteiger partial charge is 0.407 e. The number of benzene rings is 3.